The quantitative estimate of drug-likeness (QED) is 0.682. The van der Waals surface area contributed by atoms with Crippen molar-refractivity contribution in [3.63, 3.8) is 0 Å². The van der Waals surface area contributed by atoms with Crippen molar-refractivity contribution in [3.05, 3.63) is 23.9 Å². The van der Waals surface area contributed by atoms with E-state index in [1.54, 1.807) is 17.1 Å². The predicted octanol–water partition coefficient (Wildman–Crippen LogP) is 0.627. The highest BCUT2D eigenvalue weighted by molar-refractivity contribution is 6.33. The topological polar surface area (TPSA) is 114 Å². The normalized spacial score (nSPS) is 10.8. The summed E-state index contributed by atoms with van der Waals surface area (Å²) in [5, 5.41) is 10.2. The highest BCUT2D eigenvalue weighted by atomic mass is 35.5. The Kier molecular flexibility index (Phi) is 3.25. The number of aromatic amines is 1. The van der Waals surface area contributed by atoms with Gasteiger partial charge in [0, 0.05) is 12.6 Å². The van der Waals surface area contributed by atoms with Gasteiger partial charge >= 0.3 is 0 Å². The molecule has 3 aromatic rings. The summed E-state index contributed by atoms with van der Waals surface area (Å²) >= 11 is 5.95. The summed E-state index contributed by atoms with van der Waals surface area (Å²) in [5.74, 6) is -0.121. The largest absolute Gasteiger partial charge is 0.341 e. The minimum atomic E-state index is -0.244. The van der Waals surface area contributed by atoms with Gasteiger partial charge in [-0.15, -0.1) is 5.10 Å². The summed E-state index contributed by atoms with van der Waals surface area (Å²) in [6.45, 7) is 0.421. The van der Waals surface area contributed by atoms with E-state index in [1.165, 1.54) is 6.33 Å². The number of rotatable bonds is 4. The first-order valence-electron chi connectivity index (χ1n) is 5.73. The Bertz CT molecular complexity index is 737. The van der Waals surface area contributed by atoms with E-state index < -0.39 is 0 Å². The highest BCUT2D eigenvalue weighted by Crippen LogP contribution is 2.18. The average Bonchev–Trinajstić information content (AvgIpc) is 3.07. The maximum Gasteiger partial charge on any atom is 0.233 e. The maximum atomic E-state index is 11.8. The molecule has 3 rings (SSSR count). The zero-order valence-corrected chi connectivity index (χ0v) is 10.9. The molecule has 0 fully saturated rings. The molecule has 0 aliphatic rings. The van der Waals surface area contributed by atoms with E-state index in [1.807, 2.05) is 0 Å². The number of fused-ring (bicyclic) bond motifs is 1. The molecule has 20 heavy (non-hydrogen) atoms. The second-order valence-electron chi connectivity index (χ2n) is 3.90. The zero-order valence-electron chi connectivity index (χ0n) is 10.1. The molecule has 2 N–H and O–H groups in total. The standard InChI is InChI=1S/C10H9ClN8O/c11-8-7-9(13-5-12-7)17-10(16-8)15-6(20)1-3-19-4-2-14-18-19/h2,4-5H,1,3H2,(H2,12,13,15,16,17,20). The minimum Gasteiger partial charge on any atom is -0.341 e. The Balaban J connectivity index is 1.67. The molecule has 0 unspecified atom stereocenters. The second-order valence-corrected chi connectivity index (χ2v) is 4.26. The van der Waals surface area contributed by atoms with Crippen LogP contribution in [-0.4, -0.2) is 40.8 Å². The van der Waals surface area contributed by atoms with Crippen molar-refractivity contribution >= 4 is 34.6 Å². The van der Waals surface area contributed by atoms with Crippen LogP contribution in [0.1, 0.15) is 6.42 Å². The summed E-state index contributed by atoms with van der Waals surface area (Å²) in [7, 11) is 0. The summed E-state index contributed by atoms with van der Waals surface area (Å²) in [4.78, 5) is 26.6. The van der Waals surface area contributed by atoms with E-state index >= 15 is 0 Å². The fourth-order valence-electron chi connectivity index (χ4n) is 1.61. The van der Waals surface area contributed by atoms with Crippen LogP contribution in [0, 0.1) is 0 Å². The lowest BCUT2D eigenvalue weighted by Gasteiger charge is -2.04. The molecule has 102 valence electrons. The Labute approximate surface area is 117 Å². The molecule has 3 heterocycles. The van der Waals surface area contributed by atoms with Gasteiger partial charge in [0.2, 0.25) is 11.9 Å². The third kappa shape index (κ3) is 2.57. The molecular formula is C10H9ClN8O. The molecular weight excluding hydrogens is 284 g/mol. The van der Waals surface area contributed by atoms with E-state index in [0.717, 1.165) is 0 Å². The smallest absolute Gasteiger partial charge is 0.233 e. The van der Waals surface area contributed by atoms with E-state index in [-0.39, 0.29) is 23.4 Å². The van der Waals surface area contributed by atoms with Crippen LogP contribution in [-0.2, 0) is 11.3 Å². The highest BCUT2D eigenvalue weighted by Gasteiger charge is 2.10. The molecule has 10 heteroatoms. The van der Waals surface area contributed by atoms with Crippen LogP contribution in [0.3, 0.4) is 0 Å². The van der Waals surface area contributed by atoms with Crippen molar-refractivity contribution in [1.29, 1.82) is 0 Å². The molecule has 0 aromatic carbocycles. The van der Waals surface area contributed by atoms with Gasteiger partial charge in [0.05, 0.1) is 19.1 Å². The molecule has 0 radical (unpaired) electrons. The number of hydrogen-bond donors (Lipinski definition) is 2. The number of hydrogen-bond acceptors (Lipinski definition) is 6. The number of carbonyl (C=O) groups is 1. The van der Waals surface area contributed by atoms with Gasteiger partial charge in [-0.3, -0.25) is 14.8 Å². The third-order valence-electron chi connectivity index (χ3n) is 2.53. The van der Waals surface area contributed by atoms with Gasteiger partial charge in [0.25, 0.3) is 0 Å². The number of nitrogens with one attached hydrogen (secondary N) is 2. The Morgan fingerprint density at radius 3 is 3.15 bits per heavy atom. The molecule has 1 amide bonds. The number of nitrogens with zero attached hydrogens (tertiary/aromatic N) is 6. The molecule has 9 nitrogen and oxygen atoms in total. The van der Waals surface area contributed by atoms with E-state index in [2.05, 4.69) is 35.6 Å². The summed E-state index contributed by atoms with van der Waals surface area (Å²) in [5.41, 5.74) is 0.934. The second kappa shape index (κ2) is 5.21. The molecule has 0 saturated heterocycles. The van der Waals surface area contributed by atoms with E-state index in [0.29, 0.717) is 17.7 Å². The van der Waals surface area contributed by atoms with Crippen LogP contribution in [0.4, 0.5) is 5.95 Å². The first kappa shape index (κ1) is 12.5. The average molecular weight is 293 g/mol. The summed E-state index contributed by atoms with van der Waals surface area (Å²) in [6.07, 6.45) is 4.91. The van der Waals surface area contributed by atoms with Gasteiger partial charge in [-0.05, 0) is 0 Å². The Hall–Kier alpha value is -2.55. The Morgan fingerprint density at radius 1 is 1.45 bits per heavy atom. The monoisotopic (exact) mass is 292 g/mol. The third-order valence-corrected chi connectivity index (χ3v) is 2.81. The molecule has 3 aromatic heterocycles. The van der Waals surface area contributed by atoms with Gasteiger partial charge in [-0.25, -0.2) is 4.98 Å². The van der Waals surface area contributed by atoms with E-state index in [9.17, 15) is 4.79 Å². The van der Waals surface area contributed by atoms with Crippen LogP contribution in [0.15, 0.2) is 18.7 Å². The van der Waals surface area contributed by atoms with Crippen LogP contribution < -0.4 is 5.32 Å². The first-order chi connectivity index (χ1) is 9.72. The SMILES string of the molecule is O=C(CCn1ccnn1)Nc1nc(Cl)c2[nH]cnc2n1. The fourth-order valence-corrected chi connectivity index (χ4v) is 1.83. The number of imidazole rings is 1. The summed E-state index contributed by atoms with van der Waals surface area (Å²) in [6, 6.07) is 0. The molecule has 0 saturated carbocycles. The minimum absolute atomic E-state index is 0.123. The number of amides is 1. The van der Waals surface area contributed by atoms with Gasteiger partial charge in [-0.2, -0.15) is 9.97 Å². The van der Waals surface area contributed by atoms with Crippen LogP contribution in [0.2, 0.25) is 5.15 Å². The fraction of sp³-hybridized carbons (Fsp3) is 0.200. The number of carbonyl (C=O) groups excluding carboxylic acids is 1. The first-order valence-corrected chi connectivity index (χ1v) is 6.11. The van der Waals surface area contributed by atoms with Crippen molar-refractivity contribution in [3.8, 4) is 0 Å². The van der Waals surface area contributed by atoms with Crippen molar-refractivity contribution in [1.82, 2.24) is 34.9 Å². The van der Waals surface area contributed by atoms with Crippen molar-refractivity contribution < 1.29 is 4.79 Å². The number of aromatic nitrogens is 7. The number of halogens is 1. The predicted molar refractivity (Wildman–Crippen MR) is 70.0 cm³/mol. The van der Waals surface area contributed by atoms with E-state index in [4.69, 9.17) is 11.6 Å². The summed E-state index contributed by atoms with van der Waals surface area (Å²) < 4.78 is 1.56. The van der Waals surface area contributed by atoms with Crippen LogP contribution >= 0.6 is 11.6 Å². The van der Waals surface area contributed by atoms with Crippen LogP contribution in [0.5, 0.6) is 0 Å². The lowest BCUT2D eigenvalue weighted by atomic mass is 10.4. The lowest BCUT2D eigenvalue weighted by molar-refractivity contribution is -0.116. The lowest BCUT2D eigenvalue weighted by Crippen LogP contribution is -2.16. The van der Waals surface area contributed by atoms with Crippen molar-refractivity contribution in [2.24, 2.45) is 0 Å². The van der Waals surface area contributed by atoms with Crippen molar-refractivity contribution in [2.75, 3.05) is 5.32 Å². The van der Waals surface area contributed by atoms with Gasteiger partial charge in [0.15, 0.2) is 10.8 Å². The number of aryl methyl sites for hydroxylation is 1. The molecule has 0 spiro atoms. The van der Waals surface area contributed by atoms with Crippen LogP contribution in [0.25, 0.3) is 11.2 Å². The van der Waals surface area contributed by atoms with Gasteiger partial charge < -0.3 is 4.98 Å². The van der Waals surface area contributed by atoms with Crippen molar-refractivity contribution in [2.45, 2.75) is 13.0 Å². The number of anilines is 1. The maximum absolute atomic E-state index is 11.8. The van der Waals surface area contributed by atoms with Gasteiger partial charge in [-0.1, -0.05) is 16.8 Å². The molecule has 0 atom stereocenters. The number of H-pyrrole nitrogens is 1. The molecule has 0 bridgehead atoms. The molecule has 0 aliphatic heterocycles. The Morgan fingerprint density at radius 2 is 2.35 bits per heavy atom. The van der Waals surface area contributed by atoms with Gasteiger partial charge in [0.1, 0.15) is 5.52 Å². The zero-order chi connectivity index (χ0) is 13.9. The molecule has 0 aliphatic carbocycles.